The average molecular weight is 325 g/mol. The van der Waals surface area contributed by atoms with Gasteiger partial charge < -0.3 is 19.4 Å². The fourth-order valence-electron chi connectivity index (χ4n) is 3.28. The molecule has 1 aliphatic carbocycles. The molecule has 2 rings (SSSR count). The van der Waals surface area contributed by atoms with E-state index >= 15 is 0 Å². The third kappa shape index (κ3) is 4.63. The van der Waals surface area contributed by atoms with E-state index in [0.717, 1.165) is 25.6 Å². The number of ether oxygens (including phenoxy) is 1. The summed E-state index contributed by atoms with van der Waals surface area (Å²) in [7, 11) is -0.203. The number of carbonyl (C=O) groups excluding carboxylic acids is 1. The number of alkyl carbamates (subject to hydrolysis) is 1. The van der Waals surface area contributed by atoms with Crippen molar-refractivity contribution in [2.45, 2.75) is 96.9 Å². The van der Waals surface area contributed by atoms with Crippen molar-refractivity contribution in [1.82, 2.24) is 5.32 Å². The van der Waals surface area contributed by atoms with E-state index in [4.69, 9.17) is 14.0 Å². The minimum atomic E-state index is -0.468. The molecule has 0 aromatic heterocycles. The van der Waals surface area contributed by atoms with Crippen LogP contribution in [0, 0.1) is 5.92 Å². The van der Waals surface area contributed by atoms with Crippen molar-refractivity contribution >= 4 is 13.2 Å². The monoisotopic (exact) mass is 325 g/mol. The van der Waals surface area contributed by atoms with Gasteiger partial charge in [-0.1, -0.05) is 6.42 Å². The Labute approximate surface area is 141 Å². The number of rotatable bonds is 3. The van der Waals surface area contributed by atoms with Crippen molar-refractivity contribution in [1.29, 1.82) is 0 Å². The van der Waals surface area contributed by atoms with Crippen LogP contribution in [0.1, 0.15) is 67.7 Å². The highest BCUT2D eigenvalue weighted by atomic mass is 16.7. The van der Waals surface area contributed by atoms with Crippen molar-refractivity contribution in [3.8, 4) is 0 Å². The molecule has 6 heteroatoms. The molecule has 1 N–H and O–H groups in total. The van der Waals surface area contributed by atoms with Crippen LogP contribution in [0.4, 0.5) is 4.79 Å². The number of nitrogens with one attached hydrogen (secondary N) is 1. The molecule has 5 nitrogen and oxygen atoms in total. The van der Waals surface area contributed by atoms with Gasteiger partial charge in [0.1, 0.15) is 5.60 Å². The Hall–Kier alpha value is -0.745. The molecule has 1 aliphatic heterocycles. The topological polar surface area (TPSA) is 56.8 Å². The molecular formula is C17H32BNO4. The number of amides is 1. The van der Waals surface area contributed by atoms with Crippen LogP contribution in [0.5, 0.6) is 0 Å². The highest BCUT2D eigenvalue weighted by Crippen LogP contribution is 2.40. The van der Waals surface area contributed by atoms with Gasteiger partial charge in [-0.05, 0) is 73.5 Å². The van der Waals surface area contributed by atoms with Gasteiger partial charge in [0.25, 0.3) is 0 Å². The van der Waals surface area contributed by atoms with Gasteiger partial charge in [-0.2, -0.15) is 0 Å². The van der Waals surface area contributed by atoms with Gasteiger partial charge in [-0.25, -0.2) is 4.79 Å². The Morgan fingerprint density at radius 1 is 1.17 bits per heavy atom. The Kier molecular flexibility index (Phi) is 5.08. The van der Waals surface area contributed by atoms with Crippen LogP contribution in [0.15, 0.2) is 0 Å². The van der Waals surface area contributed by atoms with E-state index in [2.05, 4.69) is 33.0 Å². The van der Waals surface area contributed by atoms with E-state index in [9.17, 15) is 4.79 Å². The van der Waals surface area contributed by atoms with Crippen LogP contribution in [-0.2, 0) is 14.0 Å². The summed E-state index contributed by atoms with van der Waals surface area (Å²) in [4.78, 5) is 12.0. The fourth-order valence-corrected chi connectivity index (χ4v) is 3.28. The Bertz CT molecular complexity index is 428. The Morgan fingerprint density at radius 2 is 1.74 bits per heavy atom. The quantitative estimate of drug-likeness (QED) is 0.803. The van der Waals surface area contributed by atoms with Crippen LogP contribution < -0.4 is 5.32 Å². The van der Waals surface area contributed by atoms with Crippen molar-refractivity contribution in [2.24, 2.45) is 5.92 Å². The Balaban J connectivity index is 1.89. The molecule has 0 aromatic rings. The molecular weight excluding hydrogens is 293 g/mol. The standard InChI is InChI=1S/C17H32BNO4/c1-15(2,3)21-14(20)19-13-10-8-9-12(13)11-18-22-16(4,5)17(6,7)23-18/h12-13H,8-11H2,1-7H3,(H,19,20). The second-order valence-electron chi connectivity index (χ2n) is 8.87. The van der Waals surface area contributed by atoms with E-state index in [-0.39, 0.29) is 30.5 Å². The summed E-state index contributed by atoms with van der Waals surface area (Å²) in [5.41, 5.74) is -1.07. The molecule has 2 atom stereocenters. The molecule has 2 unspecified atom stereocenters. The first-order valence-electron chi connectivity index (χ1n) is 8.75. The summed E-state index contributed by atoms with van der Waals surface area (Å²) in [5, 5.41) is 3.03. The van der Waals surface area contributed by atoms with E-state index < -0.39 is 5.60 Å². The summed E-state index contributed by atoms with van der Waals surface area (Å²) in [6, 6.07) is 0.142. The molecule has 0 aromatic carbocycles. The first kappa shape index (κ1) is 18.6. The minimum Gasteiger partial charge on any atom is -0.444 e. The minimum absolute atomic E-state index is 0.142. The first-order chi connectivity index (χ1) is 10.4. The number of hydrogen-bond acceptors (Lipinski definition) is 4. The summed E-state index contributed by atoms with van der Waals surface area (Å²) in [6.07, 6.45) is 3.68. The smallest absolute Gasteiger partial charge is 0.444 e. The maximum absolute atomic E-state index is 12.0. The molecule has 1 saturated heterocycles. The summed E-state index contributed by atoms with van der Waals surface area (Å²) in [6.45, 7) is 13.9. The van der Waals surface area contributed by atoms with Gasteiger partial charge in [-0.3, -0.25) is 0 Å². The maximum Gasteiger partial charge on any atom is 0.458 e. The molecule has 23 heavy (non-hydrogen) atoms. The van der Waals surface area contributed by atoms with Gasteiger partial charge >= 0.3 is 13.2 Å². The van der Waals surface area contributed by atoms with Crippen LogP contribution in [0.2, 0.25) is 6.32 Å². The second-order valence-corrected chi connectivity index (χ2v) is 8.87. The second kappa shape index (κ2) is 6.28. The molecule has 0 spiro atoms. The van der Waals surface area contributed by atoms with E-state index in [1.54, 1.807) is 0 Å². The van der Waals surface area contributed by atoms with Gasteiger partial charge in [-0.15, -0.1) is 0 Å². The van der Waals surface area contributed by atoms with Crippen LogP contribution in [-0.4, -0.2) is 36.1 Å². The van der Waals surface area contributed by atoms with Crippen LogP contribution in [0.25, 0.3) is 0 Å². The molecule has 0 radical (unpaired) electrons. The molecule has 1 heterocycles. The van der Waals surface area contributed by atoms with Crippen LogP contribution in [0.3, 0.4) is 0 Å². The van der Waals surface area contributed by atoms with Crippen LogP contribution >= 0.6 is 0 Å². The molecule has 1 amide bonds. The SMILES string of the molecule is CC(C)(C)OC(=O)NC1CCCC1CB1OC(C)(C)C(C)(C)O1. The van der Waals surface area contributed by atoms with E-state index in [0.29, 0.717) is 5.92 Å². The lowest BCUT2D eigenvalue weighted by atomic mass is 9.75. The first-order valence-corrected chi connectivity index (χ1v) is 8.75. The zero-order chi connectivity index (χ0) is 17.5. The Morgan fingerprint density at radius 3 is 2.26 bits per heavy atom. The zero-order valence-corrected chi connectivity index (χ0v) is 15.7. The predicted molar refractivity (Wildman–Crippen MR) is 91.4 cm³/mol. The highest BCUT2D eigenvalue weighted by Gasteiger charge is 2.52. The van der Waals surface area contributed by atoms with Crippen molar-refractivity contribution in [2.75, 3.05) is 0 Å². The third-order valence-corrected chi connectivity index (χ3v) is 5.16. The third-order valence-electron chi connectivity index (χ3n) is 5.16. The lowest BCUT2D eigenvalue weighted by molar-refractivity contribution is 0.00578. The molecule has 132 valence electrons. The average Bonchev–Trinajstić information content (AvgIpc) is 2.79. The summed E-state index contributed by atoms with van der Waals surface area (Å²) >= 11 is 0. The van der Waals surface area contributed by atoms with Gasteiger partial charge in [0.05, 0.1) is 11.2 Å². The van der Waals surface area contributed by atoms with Crippen molar-refractivity contribution in [3.05, 3.63) is 0 Å². The highest BCUT2D eigenvalue weighted by molar-refractivity contribution is 6.45. The number of hydrogen-bond donors (Lipinski definition) is 1. The van der Waals surface area contributed by atoms with Gasteiger partial charge in [0, 0.05) is 6.04 Å². The lowest BCUT2D eigenvalue weighted by Gasteiger charge is -2.32. The fraction of sp³-hybridized carbons (Fsp3) is 0.941. The summed E-state index contributed by atoms with van der Waals surface area (Å²) < 4.78 is 17.6. The van der Waals surface area contributed by atoms with Crippen molar-refractivity contribution in [3.63, 3.8) is 0 Å². The molecule has 0 bridgehead atoms. The normalized spacial score (nSPS) is 29.6. The van der Waals surface area contributed by atoms with E-state index in [1.807, 2.05) is 20.8 Å². The van der Waals surface area contributed by atoms with Gasteiger partial charge in [0.2, 0.25) is 0 Å². The molecule has 1 saturated carbocycles. The lowest BCUT2D eigenvalue weighted by Crippen LogP contribution is -2.42. The predicted octanol–water partition coefficient (Wildman–Crippen LogP) is 3.77. The summed E-state index contributed by atoms with van der Waals surface area (Å²) in [5.74, 6) is 0.372. The maximum atomic E-state index is 12.0. The molecule has 2 fully saturated rings. The van der Waals surface area contributed by atoms with Gasteiger partial charge in [0.15, 0.2) is 0 Å². The number of carbonyl (C=O) groups is 1. The zero-order valence-electron chi connectivity index (χ0n) is 15.7. The van der Waals surface area contributed by atoms with Crippen molar-refractivity contribution < 1.29 is 18.8 Å². The van der Waals surface area contributed by atoms with E-state index in [1.165, 1.54) is 0 Å². The largest absolute Gasteiger partial charge is 0.458 e. The molecule has 2 aliphatic rings.